The molecule has 0 unspecified atom stereocenters. The first-order valence-corrected chi connectivity index (χ1v) is 9.14. The molecule has 0 saturated heterocycles. The van der Waals surface area contributed by atoms with E-state index in [9.17, 15) is 4.79 Å². The molecular formula is C22H18ClN3O2. The molecule has 1 amide bonds. The molecule has 4 aromatic rings. The lowest BCUT2D eigenvalue weighted by Crippen LogP contribution is -2.14. The summed E-state index contributed by atoms with van der Waals surface area (Å²) in [5, 5.41) is 3.32. The van der Waals surface area contributed by atoms with Gasteiger partial charge in [0.05, 0.1) is 34.4 Å². The Morgan fingerprint density at radius 1 is 1.11 bits per heavy atom. The number of H-pyrrole nitrogens is 1. The minimum atomic E-state index is -0.288. The highest BCUT2D eigenvalue weighted by Crippen LogP contribution is 2.30. The summed E-state index contributed by atoms with van der Waals surface area (Å²) in [5.74, 6) is 0.968. The number of nitrogens with zero attached hydrogens (tertiary/aromatic N) is 1. The fourth-order valence-corrected chi connectivity index (χ4v) is 3.31. The van der Waals surface area contributed by atoms with E-state index in [2.05, 4.69) is 15.3 Å². The van der Waals surface area contributed by atoms with Crippen LogP contribution in [-0.2, 0) is 0 Å². The van der Waals surface area contributed by atoms with Gasteiger partial charge >= 0.3 is 0 Å². The summed E-state index contributed by atoms with van der Waals surface area (Å²) < 4.78 is 5.38. The number of imidazole rings is 1. The van der Waals surface area contributed by atoms with E-state index in [0.717, 1.165) is 22.2 Å². The van der Waals surface area contributed by atoms with Crippen molar-refractivity contribution in [1.82, 2.24) is 9.97 Å². The summed E-state index contributed by atoms with van der Waals surface area (Å²) in [6.07, 6.45) is 0. The summed E-state index contributed by atoms with van der Waals surface area (Å²) in [4.78, 5) is 20.7. The quantitative estimate of drug-likeness (QED) is 0.486. The molecular weight excluding hydrogens is 374 g/mol. The third-order valence-corrected chi connectivity index (χ3v) is 4.87. The molecule has 0 aliphatic rings. The molecule has 0 spiro atoms. The number of hydrogen-bond donors (Lipinski definition) is 2. The number of rotatable bonds is 4. The lowest BCUT2D eigenvalue weighted by Gasteiger charge is -2.13. The van der Waals surface area contributed by atoms with E-state index in [1.54, 1.807) is 25.3 Å². The predicted octanol–water partition coefficient (Wildman–Crippen LogP) is 5.45. The highest BCUT2D eigenvalue weighted by Gasteiger charge is 2.16. The van der Waals surface area contributed by atoms with Crippen LogP contribution < -0.4 is 10.1 Å². The van der Waals surface area contributed by atoms with Crippen LogP contribution in [0, 0.1) is 6.92 Å². The average molecular weight is 392 g/mol. The van der Waals surface area contributed by atoms with Gasteiger partial charge in [-0.25, -0.2) is 4.98 Å². The smallest absolute Gasteiger partial charge is 0.259 e. The van der Waals surface area contributed by atoms with Gasteiger partial charge in [0.15, 0.2) is 0 Å². The number of aromatic amines is 1. The Hall–Kier alpha value is -3.31. The van der Waals surface area contributed by atoms with Crippen molar-refractivity contribution in [1.29, 1.82) is 0 Å². The van der Waals surface area contributed by atoms with E-state index in [-0.39, 0.29) is 5.91 Å². The first-order valence-electron chi connectivity index (χ1n) is 8.76. The van der Waals surface area contributed by atoms with E-state index in [1.165, 1.54) is 0 Å². The zero-order chi connectivity index (χ0) is 19.7. The number of amides is 1. The van der Waals surface area contributed by atoms with Crippen LogP contribution in [0.25, 0.3) is 22.4 Å². The molecule has 0 saturated carbocycles. The number of carbonyl (C=O) groups is 1. The number of para-hydroxylation sites is 3. The molecule has 0 radical (unpaired) electrons. The number of nitrogens with one attached hydrogen (secondary N) is 2. The zero-order valence-electron chi connectivity index (χ0n) is 15.4. The maximum Gasteiger partial charge on any atom is 0.259 e. The first-order chi connectivity index (χ1) is 13.6. The van der Waals surface area contributed by atoms with Crippen molar-refractivity contribution in [3.8, 4) is 17.1 Å². The third kappa shape index (κ3) is 3.32. The Morgan fingerprint density at radius 2 is 1.93 bits per heavy atom. The number of methoxy groups -OCH3 is 1. The topological polar surface area (TPSA) is 67.0 Å². The standard InChI is InChI=1S/C22H18ClN3O2/c1-13-6-5-7-15(20(13)28-2)22(27)26-19-12-14(10-11-16(19)23)21-24-17-8-3-4-9-18(17)25-21/h3-12H,1-2H3,(H,24,25)(H,26,27). The van der Waals surface area contributed by atoms with Crippen molar-refractivity contribution in [2.75, 3.05) is 12.4 Å². The van der Waals surface area contributed by atoms with Gasteiger partial charge in [0.25, 0.3) is 5.91 Å². The van der Waals surface area contributed by atoms with Crippen LogP contribution >= 0.6 is 11.6 Å². The Kier molecular flexibility index (Phi) is 4.75. The number of hydrogen-bond acceptors (Lipinski definition) is 3. The van der Waals surface area contributed by atoms with Crippen LogP contribution in [0.2, 0.25) is 5.02 Å². The van der Waals surface area contributed by atoms with E-state index >= 15 is 0 Å². The van der Waals surface area contributed by atoms with Gasteiger partial charge in [-0.1, -0.05) is 35.9 Å². The van der Waals surface area contributed by atoms with Crippen molar-refractivity contribution in [3.05, 3.63) is 76.8 Å². The van der Waals surface area contributed by atoms with Crippen LogP contribution in [0.1, 0.15) is 15.9 Å². The van der Waals surface area contributed by atoms with Crippen LogP contribution in [0.3, 0.4) is 0 Å². The maximum atomic E-state index is 12.8. The lowest BCUT2D eigenvalue weighted by molar-refractivity contribution is 0.102. The number of anilines is 1. The first kappa shape index (κ1) is 18.1. The molecule has 2 N–H and O–H groups in total. The minimum absolute atomic E-state index is 0.288. The molecule has 0 fully saturated rings. The molecule has 0 bridgehead atoms. The summed E-state index contributed by atoms with van der Waals surface area (Å²) in [6.45, 7) is 1.89. The lowest BCUT2D eigenvalue weighted by atomic mass is 10.1. The van der Waals surface area contributed by atoms with E-state index in [1.807, 2.05) is 49.4 Å². The van der Waals surface area contributed by atoms with Crippen molar-refractivity contribution in [3.63, 3.8) is 0 Å². The van der Waals surface area contributed by atoms with Gasteiger partial charge in [-0.15, -0.1) is 0 Å². The molecule has 0 aliphatic carbocycles. The number of aromatic nitrogens is 2. The second kappa shape index (κ2) is 7.37. The third-order valence-electron chi connectivity index (χ3n) is 4.54. The molecule has 0 atom stereocenters. The average Bonchev–Trinajstić information content (AvgIpc) is 3.13. The predicted molar refractivity (Wildman–Crippen MR) is 112 cm³/mol. The second-order valence-corrected chi connectivity index (χ2v) is 6.81. The fourth-order valence-electron chi connectivity index (χ4n) is 3.15. The summed E-state index contributed by atoms with van der Waals surface area (Å²) >= 11 is 6.32. The summed E-state index contributed by atoms with van der Waals surface area (Å²) in [6, 6.07) is 18.6. The zero-order valence-corrected chi connectivity index (χ0v) is 16.2. The molecule has 28 heavy (non-hydrogen) atoms. The van der Waals surface area contributed by atoms with Gasteiger partial charge in [0.2, 0.25) is 0 Å². The molecule has 3 aromatic carbocycles. The van der Waals surface area contributed by atoms with Crippen molar-refractivity contribution < 1.29 is 9.53 Å². The van der Waals surface area contributed by atoms with E-state index in [4.69, 9.17) is 16.3 Å². The van der Waals surface area contributed by atoms with E-state index < -0.39 is 0 Å². The highest BCUT2D eigenvalue weighted by molar-refractivity contribution is 6.34. The van der Waals surface area contributed by atoms with E-state index in [0.29, 0.717) is 27.8 Å². The van der Waals surface area contributed by atoms with Gasteiger partial charge in [-0.3, -0.25) is 4.79 Å². The minimum Gasteiger partial charge on any atom is -0.496 e. The number of fused-ring (bicyclic) bond motifs is 1. The number of aryl methyl sites for hydroxylation is 1. The Labute approximate surface area is 167 Å². The Bertz CT molecular complexity index is 1150. The second-order valence-electron chi connectivity index (χ2n) is 6.41. The normalized spacial score (nSPS) is 10.8. The summed E-state index contributed by atoms with van der Waals surface area (Å²) in [7, 11) is 1.55. The van der Waals surface area contributed by atoms with Gasteiger partial charge in [-0.05, 0) is 48.9 Å². The number of benzene rings is 3. The molecule has 1 heterocycles. The largest absolute Gasteiger partial charge is 0.496 e. The molecule has 5 nitrogen and oxygen atoms in total. The maximum absolute atomic E-state index is 12.8. The van der Waals surface area contributed by atoms with Crippen molar-refractivity contribution in [2.45, 2.75) is 6.92 Å². The molecule has 1 aromatic heterocycles. The monoisotopic (exact) mass is 391 g/mol. The highest BCUT2D eigenvalue weighted by atomic mass is 35.5. The van der Waals surface area contributed by atoms with Crippen molar-refractivity contribution >= 4 is 34.2 Å². The van der Waals surface area contributed by atoms with Gasteiger partial charge in [-0.2, -0.15) is 0 Å². The van der Waals surface area contributed by atoms with Crippen LogP contribution in [0.4, 0.5) is 5.69 Å². The van der Waals surface area contributed by atoms with Crippen LogP contribution in [0.15, 0.2) is 60.7 Å². The Morgan fingerprint density at radius 3 is 2.71 bits per heavy atom. The van der Waals surface area contributed by atoms with Gasteiger partial charge < -0.3 is 15.0 Å². The fraction of sp³-hybridized carbons (Fsp3) is 0.0909. The van der Waals surface area contributed by atoms with Gasteiger partial charge in [0, 0.05) is 5.56 Å². The molecule has 0 aliphatic heterocycles. The number of ether oxygens (including phenoxy) is 1. The number of halogens is 1. The SMILES string of the molecule is COc1c(C)cccc1C(=O)Nc1cc(-c2nc3ccccc3[nH]2)ccc1Cl. The Balaban J connectivity index is 1.68. The van der Waals surface area contributed by atoms with Crippen molar-refractivity contribution in [2.24, 2.45) is 0 Å². The van der Waals surface area contributed by atoms with Gasteiger partial charge in [0.1, 0.15) is 11.6 Å². The molecule has 6 heteroatoms. The molecule has 4 rings (SSSR count). The molecule has 140 valence electrons. The van der Waals surface area contributed by atoms with Crippen LogP contribution in [0.5, 0.6) is 5.75 Å². The number of carbonyl (C=O) groups excluding carboxylic acids is 1. The van der Waals surface area contributed by atoms with Crippen LogP contribution in [-0.4, -0.2) is 23.0 Å². The summed E-state index contributed by atoms with van der Waals surface area (Å²) in [5.41, 5.74) is 4.50.